The Kier molecular flexibility index (Phi) is 4.81. The van der Waals surface area contributed by atoms with Gasteiger partial charge in [-0.15, -0.1) is 0 Å². The highest BCUT2D eigenvalue weighted by Crippen LogP contribution is 2.32. The fourth-order valence-electron chi connectivity index (χ4n) is 3.66. The van der Waals surface area contributed by atoms with Crippen LogP contribution in [0.1, 0.15) is 27.5 Å². The maximum Gasteiger partial charge on any atom is 0.260 e. The van der Waals surface area contributed by atoms with Gasteiger partial charge < -0.3 is 14.0 Å². The number of hydrogen-bond acceptors (Lipinski definition) is 8. The molecule has 0 saturated carbocycles. The maximum atomic E-state index is 13.0. The number of carbonyl (C=O) groups is 1. The second-order valence-corrected chi connectivity index (χ2v) is 7.34. The molecule has 5 rings (SSSR count). The number of nitrogens with zero attached hydrogens (tertiary/aromatic N) is 6. The summed E-state index contributed by atoms with van der Waals surface area (Å²) >= 11 is 0. The number of amides is 1. The van der Waals surface area contributed by atoms with Crippen molar-refractivity contribution in [1.82, 2.24) is 24.9 Å². The van der Waals surface area contributed by atoms with E-state index in [0.717, 1.165) is 17.0 Å². The summed E-state index contributed by atoms with van der Waals surface area (Å²) in [5.74, 6) is 1.54. The largest absolute Gasteiger partial charge is 0.491 e. The Labute approximate surface area is 183 Å². The van der Waals surface area contributed by atoms with E-state index in [0.29, 0.717) is 47.4 Å². The molecule has 4 aromatic rings. The summed E-state index contributed by atoms with van der Waals surface area (Å²) < 4.78 is 17.3. The smallest absolute Gasteiger partial charge is 0.260 e. The van der Waals surface area contributed by atoms with Crippen molar-refractivity contribution in [3.8, 4) is 22.9 Å². The van der Waals surface area contributed by atoms with Crippen LogP contribution in [-0.4, -0.2) is 45.0 Å². The highest BCUT2D eigenvalue weighted by atomic mass is 16.5. The van der Waals surface area contributed by atoms with Crippen molar-refractivity contribution in [3.63, 3.8) is 0 Å². The van der Waals surface area contributed by atoms with Gasteiger partial charge in [0.05, 0.1) is 56.1 Å². The van der Waals surface area contributed by atoms with Gasteiger partial charge in [-0.1, -0.05) is 5.16 Å². The minimum Gasteiger partial charge on any atom is -0.491 e. The Morgan fingerprint density at radius 3 is 2.78 bits per heavy atom. The first-order valence-corrected chi connectivity index (χ1v) is 9.90. The fraction of sp³-hybridized carbons (Fsp3) is 0.227. The average molecular weight is 432 g/mol. The van der Waals surface area contributed by atoms with Gasteiger partial charge in [-0.25, -0.2) is 4.98 Å². The van der Waals surface area contributed by atoms with Crippen molar-refractivity contribution in [1.29, 1.82) is 0 Å². The number of rotatable bonds is 6. The highest BCUT2D eigenvalue weighted by molar-refractivity contribution is 6.09. The third-order valence-corrected chi connectivity index (χ3v) is 5.22. The van der Waals surface area contributed by atoms with Gasteiger partial charge >= 0.3 is 0 Å². The molecule has 0 bridgehead atoms. The molecule has 10 nitrogen and oxygen atoms in total. The molecular weight excluding hydrogens is 412 g/mol. The van der Waals surface area contributed by atoms with E-state index in [1.807, 2.05) is 25.3 Å². The molecule has 1 amide bonds. The van der Waals surface area contributed by atoms with E-state index in [9.17, 15) is 4.79 Å². The zero-order valence-corrected chi connectivity index (χ0v) is 17.8. The molecule has 0 fully saturated rings. The molecule has 0 spiro atoms. The van der Waals surface area contributed by atoms with Crippen LogP contribution in [0.15, 0.2) is 47.4 Å². The maximum absolute atomic E-state index is 13.0. The van der Waals surface area contributed by atoms with Gasteiger partial charge in [0.1, 0.15) is 11.5 Å². The number of ether oxygens (including phenoxy) is 2. The number of pyridine rings is 2. The van der Waals surface area contributed by atoms with Crippen LogP contribution < -0.4 is 14.4 Å². The fourth-order valence-corrected chi connectivity index (χ4v) is 3.66. The Morgan fingerprint density at radius 1 is 1.16 bits per heavy atom. The van der Waals surface area contributed by atoms with Crippen LogP contribution in [0.2, 0.25) is 0 Å². The number of aromatic nitrogens is 5. The van der Waals surface area contributed by atoms with E-state index in [2.05, 4.69) is 15.2 Å². The summed E-state index contributed by atoms with van der Waals surface area (Å²) in [5.41, 5.74) is 4.20. The average Bonchev–Trinajstić information content (AvgIpc) is 3.52. The number of fused-ring (bicyclic) bond motifs is 1. The van der Waals surface area contributed by atoms with Gasteiger partial charge in [0.25, 0.3) is 11.8 Å². The van der Waals surface area contributed by atoms with Gasteiger partial charge in [-0.3, -0.25) is 19.4 Å². The predicted octanol–water partition coefficient (Wildman–Crippen LogP) is 2.86. The van der Waals surface area contributed by atoms with Crippen LogP contribution in [0, 0.1) is 6.92 Å². The van der Waals surface area contributed by atoms with Crippen LogP contribution in [0.25, 0.3) is 11.3 Å². The molecule has 0 aromatic carbocycles. The Bertz CT molecular complexity index is 1310. The van der Waals surface area contributed by atoms with Gasteiger partial charge in [0.15, 0.2) is 5.75 Å². The molecule has 0 unspecified atom stereocenters. The third-order valence-electron chi connectivity index (χ3n) is 5.22. The molecule has 0 aliphatic carbocycles. The first-order chi connectivity index (χ1) is 15.6. The zero-order chi connectivity index (χ0) is 22.2. The van der Waals surface area contributed by atoms with E-state index in [4.69, 9.17) is 19.0 Å². The number of carbonyl (C=O) groups excluding carboxylic acids is 1. The molecule has 0 radical (unpaired) electrons. The van der Waals surface area contributed by atoms with E-state index in [1.165, 1.54) is 7.11 Å². The minimum atomic E-state index is -0.110. The predicted molar refractivity (Wildman–Crippen MR) is 114 cm³/mol. The van der Waals surface area contributed by atoms with E-state index >= 15 is 0 Å². The molecule has 1 aliphatic heterocycles. The Morgan fingerprint density at radius 2 is 2.03 bits per heavy atom. The molecule has 162 valence electrons. The van der Waals surface area contributed by atoms with Crippen LogP contribution in [0.4, 0.5) is 5.69 Å². The minimum absolute atomic E-state index is 0.110. The lowest BCUT2D eigenvalue weighted by atomic mass is 10.1. The van der Waals surface area contributed by atoms with E-state index in [-0.39, 0.29) is 5.91 Å². The first kappa shape index (κ1) is 19.7. The molecule has 32 heavy (non-hydrogen) atoms. The summed E-state index contributed by atoms with van der Waals surface area (Å²) in [4.78, 5) is 23.6. The van der Waals surface area contributed by atoms with Gasteiger partial charge in [0, 0.05) is 24.0 Å². The molecule has 10 heteroatoms. The number of methoxy groups -OCH3 is 2. The van der Waals surface area contributed by atoms with E-state index < -0.39 is 0 Å². The van der Waals surface area contributed by atoms with Gasteiger partial charge in [0.2, 0.25) is 0 Å². The number of aryl methyl sites for hydroxylation is 1. The Balaban J connectivity index is 1.38. The van der Waals surface area contributed by atoms with E-state index in [1.54, 1.807) is 41.2 Å². The van der Waals surface area contributed by atoms with Crippen LogP contribution in [-0.2, 0) is 13.1 Å². The highest BCUT2D eigenvalue weighted by Gasteiger charge is 2.31. The summed E-state index contributed by atoms with van der Waals surface area (Å²) in [5, 5.41) is 8.33. The van der Waals surface area contributed by atoms with Crippen LogP contribution in [0.3, 0.4) is 0 Å². The van der Waals surface area contributed by atoms with Gasteiger partial charge in [-0.05, 0) is 25.1 Å². The summed E-state index contributed by atoms with van der Waals surface area (Å²) in [7, 11) is 3.09. The van der Waals surface area contributed by atoms with Crippen molar-refractivity contribution in [2.75, 3.05) is 19.1 Å². The molecule has 0 atom stereocenters. The van der Waals surface area contributed by atoms with Crippen molar-refractivity contribution < 1.29 is 18.8 Å². The normalized spacial score (nSPS) is 12.8. The quantitative estimate of drug-likeness (QED) is 0.458. The first-order valence-electron chi connectivity index (χ1n) is 9.90. The Hall–Kier alpha value is -4.21. The van der Waals surface area contributed by atoms with Crippen molar-refractivity contribution >= 4 is 11.6 Å². The van der Waals surface area contributed by atoms with Crippen molar-refractivity contribution in [3.05, 3.63) is 65.6 Å². The molecule has 0 N–H and O–H groups in total. The van der Waals surface area contributed by atoms with Crippen LogP contribution >= 0.6 is 0 Å². The lowest BCUT2D eigenvalue weighted by molar-refractivity contribution is 0.0996. The summed E-state index contributed by atoms with van der Waals surface area (Å²) in [6, 6.07) is 7.26. The summed E-state index contributed by atoms with van der Waals surface area (Å²) in [6.45, 7) is 2.66. The number of anilines is 1. The molecule has 1 aliphatic rings. The van der Waals surface area contributed by atoms with Crippen molar-refractivity contribution in [2.24, 2.45) is 0 Å². The SMILES string of the molecule is COc1cc(-c2ccc3c(n2)CN(c2cnn(Cc4cc(C)on4)c2)C3=O)cnc1OC. The van der Waals surface area contributed by atoms with Crippen molar-refractivity contribution in [2.45, 2.75) is 20.0 Å². The molecule has 5 heterocycles. The van der Waals surface area contributed by atoms with Gasteiger partial charge in [-0.2, -0.15) is 5.10 Å². The molecule has 4 aromatic heterocycles. The topological polar surface area (TPSA) is 108 Å². The summed E-state index contributed by atoms with van der Waals surface area (Å²) in [6.07, 6.45) is 5.14. The monoisotopic (exact) mass is 432 g/mol. The molecule has 0 saturated heterocycles. The zero-order valence-electron chi connectivity index (χ0n) is 17.8. The van der Waals surface area contributed by atoms with Crippen LogP contribution in [0.5, 0.6) is 11.6 Å². The standard InChI is InChI=1S/C22H20N6O4/c1-13-6-15(26-32-13)10-27-11-16(9-24-27)28-12-19-17(22(28)29)4-5-18(25-19)14-7-20(30-2)21(31-3)23-8-14/h4-9,11H,10,12H2,1-3H3. The lowest BCUT2D eigenvalue weighted by Crippen LogP contribution is -2.22. The number of hydrogen-bond donors (Lipinski definition) is 0. The third kappa shape index (κ3) is 3.45. The second kappa shape index (κ2) is 7.80. The lowest BCUT2D eigenvalue weighted by Gasteiger charge is -2.11. The second-order valence-electron chi connectivity index (χ2n) is 7.34. The molecular formula is C22H20N6O4.